The minimum Gasteiger partial charge on any atom is -0.443 e. The van der Waals surface area contributed by atoms with Crippen molar-refractivity contribution in [3.05, 3.63) is 17.8 Å². The highest BCUT2D eigenvalue weighted by atomic mass is 16.5. The first kappa shape index (κ1) is 21.7. The molecule has 6 heteroatoms. The topological polar surface area (TPSA) is 71.7 Å². The van der Waals surface area contributed by atoms with Crippen LogP contribution in [0.3, 0.4) is 0 Å². The van der Waals surface area contributed by atoms with Gasteiger partial charge in [0.15, 0.2) is 5.96 Å². The molecule has 0 aliphatic heterocycles. The molecule has 0 radical (unpaired) electrons. The molecule has 0 saturated heterocycles. The molecule has 1 atom stereocenters. The average Bonchev–Trinajstić information content (AvgIpc) is 3.30. The Labute approximate surface area is 164 Å². The Hall–Kier alpha value is -1.56. The van der Waals surface area contributed by atoms with E-state index >= 15 is 0 Å². The van der Waals surface area contributed by atoms with E-state index in [0.29, 0.717) is 18.5 Å². The highest BCUT2D eigenvalue weighted by molar-refractivity contribution is 5.79. The largest absolute Gasteiger partial charge is 0.443 e. The van der Waals surface area contributed by atoms with Gasteiger partial charge in [-0.05, 0) is 39.0 Å². The van der Waals surface area contributed by atoms with Gasteiger partial charge in [0.25, 0.3) is 0 Å². The quantitative estimate of drug-likeness (QED) is 0.502. The van der Waals surface area contributed by atoms with Gasteiger partial charge in [-0.15, -0.1) is 0 Å². The van der Waals surface area contributed by atoms with Crippen LogP contribution in [-0.4, -0.2) is 36.7 Å². The van der Waals surface area contributed by atoms with E-state index in [9.17, 15) is 0 Å². The molecule has 27 heavy (non-hydrogen) atoms. The minimum absolute atomic E-state index is 0.0355. The van der Waals surface area contributed by atoms with Crippen LogP contribution in [0.4, 0.5) is 0 Å². The molecule has 1 unspecified atom stereocenters. The molecule has 154 valence electrons. The van der Waals surface area contributed by atoms with Crippen LogP contribution in [0, 0.1) is 5.92 Å². The predicted octanol–water partition coefficient (Wildman–Crippen LogP) is 4.01. The SMILES string of the molecule is CCNC(=NCc1ncc(C(C)(C)C)o1)NCCC(OCC)C1CCCC1. The van der Waals surface area contributed by atoms with Crippen molar-refractivity contribution >= 4 is 5.96 Å². The molecular formula is C21H38N4O2. The van der Waals surface area contributed by atoms with Crippen molar-refractivity contribution in [3.63, 3.8) is 0 Å². The van der Waals surface area contributed by atoms with Crippen molar-refractivity contribution < 1.29 is 9.15 Å². The zero-order valence-electron chi connectivity index (χ0n) is 17.8. The smallest absolute Gasteiger partial charge is 0.216 e. The molecule has 0 amide bonds. The Bertz CT molecular complexity index is 571. The number of oxazole rings is 1. The maximum atomic E-state index is 6.01. The van der Waals surface area contributed by atoms with Gasteiger partial charge in [0, 0.05) is 25.1 Å². The first-order chi connectivity index (χ1) is 12.9. The van der Waals surface area contributed by atoms with E-state index in [1.54, 1.807) is 6.20 Å². The number of guanidine groups is 1. The summed E-state index contributed by atoms with van der Waals surface area (Å²) in [6.07, 6.45) is 8.47. The maximum absolute atomic E-state index is 6.01. The summed E-state index contributed by atoms with van der Waals surface area (Å²) in [6, 6.07) is 0. The Morgan fingerprint density at radius 3 is 2.63 bits per heavy atom. The van der Waals surface area contributed by atoms with E-state index < -0.39 is 0 Å². The van der Waals surface area contributed by atoms with Crippen LogP contribution in [0.1, 0.15) is 78.4 Å². The van der Waals surface area contributed by atoms with Gasteiger partial charge in [-0.2, -0.15) is 0 Å². The van der Waals surface area contributed by atoms with Crippen molar-refractivity contribution in [2.75, 3.05) is 19.7 Å². The van der Waals surface area contributed by atoms with Crippen LogP contribution in [0.15, 0.2) is 15.6 Å². The zero-order chi connectivity index (χ0) is 19.7. The van der Waals surface area contributed by atoms with Crippen LogP contribution in [0.25, 0.3) is 0 Å². The van der Waals surface area contributed by atoms with Gasteiger partial charge < -0.3 is 19.8 Å². The molecule has 1 fully saturated rings. The van der Waals surface area contributed by atoms with Gasteiger partial charge in [-0.3, -0.25) is 0 Å². The second-order valence-electron chi connectivity index (χ2n) is 8.32. The predicted molar refractivity (Wildman–Crippen MR) is 110 cm³/mol. The fraction of sp³-hybridized carbons (Fsp3) is 0.810. The van der Waals surface area contributed by atoms with Gasteiger partial charge in [-0.1, -0.05) is 33.6 Å². The Morgan fingerprint density at radius 2 is 2.04 bits per heavy atom. The van der Waals surface area contributed by atoms with Crippen molar-refractivity contribution in [1.82, 2.24) is 15.6 Å². The molecule has 1 heterocycles. The fourth-order valence-corrected chi connectivity index (χ4v) is 3.55. The van der Waals surface area contributed by atoms with Gasteiger partial charge in [0.05, 0.1) is 12.3 Å². The molecular weight excluding hydrogens is 340 g/mol. The molecule has 0 aromatic carbocycles. The summed E-state index contributed by atoms with van der Waals surface area (Å²) in [5, 5.41) is 6.72. The number of hydrogen-bond donors (Lipinski definition) is 2. The molecule has 1 aromatic rings. The Kier molecular flexibility index (Phi) is 8.61. The molecule has 0 spiro atoms. The van der Waals surface area contributed by atoms with E-state index in [0.717, 1.165) is 43.8 Å². The van der Waals surface area contributed by atoms with Crippen molar-refractivity contribution in [2.45, 2.75) is 84.8 Å². The third-order valence-electron chi connectivity index (χ3n) is 5.04. The summed E-state index contributed by atoms with van der Waals surface area (Å²) in [5.74, 6) is 3.06. The van der Waals surface area contributed by atoms with E-state index in [1.165, 1.54) is 25.7 Å². The lowest BCUT2D eigenvalue weighted by Gasteiger charge is -2.24. The fourth-order valence-electron chi connectivity index (χ4n) is 3.55. The minimum atomic E-state index is -0.0355. The van der Waals surface area contributed by atoms with Crippen LogP contribution in [0.5, 0.6) is 0 Å². The van der Waals surface area contributed by atoms with Crippen LogP contribution in [0.2, 0.25) is 0 Å². The monoisotopic (exact) mass is 378 g/mol. The molecule has 1 aromatic heterocycles. The lowest BCUT2D eigenvalue weighted by atomic mass is 9.94. The summed E-state index contributed by atoms with van der Waals surface area (Å²) in [5.41, 5.74) is -0.0355. The number of hydrogen-bond acceptors (Lipinski definition) is 4. The maximum Gasteiger partial charge on any atom is 0.216 e. The lowest BCUT2D eigenvalue weighted by Crippen LogP contribution is -2.39. The average molecular weight is 379 g/mol. The van der Waals surface area contributed by atoms with Gasteiger partial charge in [0.2, 0.25) is 5.89 Å². The molecule has 1 aliphatic rings. The van der Waals surface area contributed by atoms with E-state index in [4.69, 9.17) is 9.15 Å². The number of aromatic nitrogens is 1. The van der Waals surface area contributed by atoms with E-state index in [2.05, 4.69) is 55.2 Å². The van der Waals surface area contributed by atoms with E-state index in [-0.39, 0.29) is 5.41 Å². The van der Waals surface area contributed by atoms with Gasteiger partial charge in [0.1, 0.15) is 12.3 Å². The third-order valence-corrected chi connectivity index (χ3v) is 5.04. The highest BCUT2D eigenvalue weighted by Gasteiger charge is 2.25. The van der Waals surface area contributed by atoms with Gasteiger partial charge in [-0.25, -0.2) is 9.98 Å². The molecule has 0 bridgehead atoms. The highest BCUT2D eigenvalue weighted by Crippen LogP contribution is 2.30. The number of rotatable bonds is 9. The zero-order valence-corrected chi connectivity index (χ0v) is 17.8. The number of aliphatic imine (C=N–C) groups is 1. The first-order valence-corrected chi connectivity index (χ1v) is 10.5. The molecule has 2 N–H and O–H groups in total. The molecule has 1 aliphatic carbocycles. The number of nitrogens with zero attached hydrogens (tertiary/aromatic N) is 2. The first-order valence-electron chi connectivity index (χ1n) is 10.5. The normalized spacial score (nSPS) is 17.3. The number of nitrogens with one attached hydrogen (secondary N) is 2. The Morgan fingerprint density at radius 1 is 1.30 bits per heavy atom. The third kappa shape index (κ3) is 7.17. The summed E-state index contributed by atoms with van der Waals surface area (Å²) in [7, 11) is 0. The summed E-state index contributed by atoms with van der Waals surface area (Å²) < 4.78 is 11.8. The van der Waals surface area contributed by atoms with Crippen LogP contribution >= 0.6 is 0 Å². The summed E-state index contributed by atoms with van der Waals surface area (Å²) >= 11 is 0. The van der Waals surface area contributed by atoms with Crippen LogP contribution < -0.4 is 10.6 Å². The van der Waals surface area contributed by atoms with Crippen molar-refractivity contribution in [1.29, 1.82) is 0 Å². The molecule has 1 saturated carbocycles. The van der Waals surface area contributed by atoms with E-state index in [1.807, 2.05) is 0 Å². The van der Waals surface area contributed by atoms with Crippen molar-refractivity contribution in [3.8, 4) is 0 Å². The van der Waals surface area contributed by atoms with Gasteiger partial charge >= 0.3 is 0 Å². The summed E-state index contributed by atoms with van der Waals surface area (Å²) in [6.45, 7) is 13.4. The summed E-state index contributed by atoms with van der Waals surface area (Å²) in [4.78, 5) is 8.97. The van der Waals surface area contributed by atoms with Crippen molar-refractivity contribution in [2.24, 2.45) is 10.9 Å². The number of ether oxygens (including phenoxy) is 1. The molecule has 6 nitrogen and oxygen atoms in total. The second kappa shape index (κ2) is 10.7. The lowest BCUT2D eigenvalue weighted by molar-refractivity contribution is 0.0169. The Balaban J connectivity index is 1.86. The standard InChI is InChI=1S/C21H38N4O2/c1-6-22-20(25-15-19-24-14-18(27-19)21(3,4)5)23-13-12-17(26-7-2)16-10-8-9-11-16/h14,16-17H,6-13,15H2,1-5H3,(H2,22,23,25). The molecule has 2 rings (SSSR count). The second-order valence-corrected chi connectivity index (χ2v) is 8.32. The van der Waals surface area contributed by atoms with Crippen LogP contribution in [-0.2, 0) is 16.7 Å².